The van der Waals surface area contributed by atoms with Gasteiger partial charge >= 0.3 is 0 Å². The molecule has 3 rings (SSSR count). The molecule has 0 amide bonds. The first-order valence-corrected chi connectivity index (χ1v) is 8.74. The first-order chi connectivity index (χ1) is 11.8. The molecular weight excluding hydrogens is 369 g/mol. The summed E-state index contributed by atoms with van der Waals surface area (Å²) in [6.07, 6.45) is 0. The second-order valence-electron chi connectivity index (χ2n) is 5.12. The van der Waals surface area contributed by atoms with Crippen LogP contribution in [0.1, 0.15) is 0 Å². The number of fused-ring (bicyclic) bond motifs is 1. The molecule has 9 heteroatoms. The van der Waals surface area contributed by atoms with E-state index in [4.69, 9.17) is 17.3 Å². The Bertz CT molecular complexity index is 1120. The number of anilines is 1. The fraction of sp³-hybridized carbons (Fsp3) is 0. The van der Waals surface area contributed by atoms with Crippen LogP contribution in [-0.4, -0.2) is 13.0 Å². The monoisotopic (exact) mass is 379 g/mol. The minimum Gasteiger partial charge on any atom is -0.396 e. The van der Waals surface area contributed by atoms with Crippen molar-refractivity contribution in [2.45, 2.75) is 4.90 Å². The molecular formula is C16H11ClFN3O3S. The first kappa shape index (κ1) is 17.3. The fourth-order valence-corrected chi connectivity index (χ4v) is 3.24. The molecule has 0 aliphatic heterocycles. The van der Waals surface area contributed by atoms with Gasteiger partial charge in [-0.15, -0.1) is 10.2 Å². The quantitative estimate of drug-likeness (QED) is 0.384. The topological polar surface area (TPSA) is 105 Å². The molecule has 0 bridgehead atoms. The lowest BCUT2D eigenvalue weighted by Crippen LogP contribution is -2.01. The number of nitrogens with two attached hydrogens (primary N) is 1. The van der Waals surface area contributed by atoms with Gasteiger partial charge in [0.25, 0.3) is 10.1 Å². The maximum absolute atomic E-state index is 13.1. The summed E-state index contributed by atoms with van der Waals surface area (Å²) in [6.45, 7) is 0. The van der Waals surface area contributed by atoms with Crippen molar-refractivity contribution in [2.24, 2.45) is 10.2 Å². The molecule has 0 aliphatic rings. The summed E-state index contributed by atoms with van der Waals surface area (Å²) >= 11 is 5.87. The van der Waals surface area contributed by atoms with E-state index in [0.717, 1.165) is 18.2 Å². The average molecular weight is 380 g/mol. The first-order valence-electron chi connectivity index (χ1n) is 6.93. The summed E-state index contributed by atoms with van der Waals surface area (Å²) in [5.41, 5.74) is 6.44. The van der Waals surface area contributed by atoms with E-state index < -0.39 is 15.9 Å². The molecule has 0 saturated heterocycles. The summed E-state index contributed by atoms with van der Waals surface area (Å²) in [7, 11) is -4.50. The number of nitrogen functional groups attached to an aromatic ring is 1. The van der Waals surface area contributed by atoms with E-state index in [1.54, 1.807) is 18.2 Å². The van der Waals surface area contributed by atoms with Crippen molar-refractivity contribution in [1.82, 2.24) is 0 Å². The van der Waals surface area contributed by atoms with Crippen molar-refractivity contribution in [2.75, 3.05) is 5.73 Å². The second-order valence-corrected chi connectivity index (χ2v) is 6.92. The van der Waals surface area contributed by atoms with Crippen LogP contribution < -0.4 is 5.73 Å². The van der Waals surface area contributed by atoms with Crippen LogP contribution in [0, 0.1) is 5.82 Å². The number of azo groups is 1. The van der Waals surface area contributed by atoms with Crippen molar-refractivity contribution in [3.8, 4) is 0 Å². The number of benzene rings is 3. The molecule has 0 unspecified atom stereocenters. The van der Waals surface area contributed by atoms with Gasteiger partial charge in [0.05, 0.1) is 10.7 Å². The van der Waals surface area contributed by atoms with E-state index in [2.05, 4.69) is 10.2 Å². The number of nitrogens with zero attached hydrogens (tertiary/aromatic N) is 2. The van der Waals surface area contributed by atoms with Gasteiger partial charge in [0.1, 0.15) is 22.1 Å². The van der Waals surface area contributed by atoms with Crippen molar-refractivity contribution in [3.05, 3.63) is 59.4 Å². The third-order valence-electron chi connectivity index (χ3n) is 3.48. The molecule has 0 atom stereocenters. The Labute approximate surface area is 147 Å². The molecule has 0 aromatic heterocycles. The lowest BCUT2D eigenvalue weighted by molar-refractivity contribution is 0.484. The number of rotatable bonds is 3. The molecule has 0 fully saturated rings. The zero-order valence-corrected chi connectivity index (χ0v) is 14.1. The predicted molar refractivity (Wildman–Crippen MR) is 93.8 cm³/mol. The Morgan fingerprint density at radius 2 is 1.64 bits per heavy atom. The largest absolute Gasteiger partial charge is 0.396 e. The maximum Gasteiger partial charge on any atom is 0.295 e. The second kappa shape index (κ2) is 6.40. The molecule has 0 heterocycles. The summed E-state index contributed by atoms with van der Waals surface area (Å²) < 4.78 is 45.8. The smallest absolute Gasteiger partial charge is 0.295 e. The molecule has 0 saturated carbocycles. The Morgan fingerprint density at radius 3 is 2.28 bits per heavy atom. The van der Waals surface area contributed by atoms with E-state index >= 15 is 0 Å². The van der Waals surface area contributed by atoms with Crippen LogP contribution >= 0.6 is 11.6 Å². The van der Waals surface area contributed by atoms with Crippen LogP contribution in [-0.2, 0) is 10.1 Å². The molecule has 3 N–H and O–H groups in total. The highest BCUT2D eigenvalue weighted by Crippen LogP contribution is 2.37. The van der Waals surface area contributed by atoms with E-state index in [9.17, 15) is 17.4 Å². The van der Waals surface area contributed by atoms with Crippen molar-refractivity contribution < 1.29 is 17.4 Å². The number of hydrogen-bond acceptors (Lipinski definition) is 5. The van der Waals surface area contributed by atoms with E-state index in [0.29, 0.717) is 5.39 Å². The summed E-state index contributed by atoms with van der Waals surface area (Å²) in [5, 5.41) is 8.49. The fourth-order valence-electron chi connectivity index (χ4n) is 2.32. The highest BCUT2D eigenvalue weighted by Gasteiger charge is 2.18. The van der Waals surface area contributed by atoms with Gasteiger partial charge in [-0.1, -0.05) is 35.9 Å². The van der Waals surface area contributed by atoms with Crippen LogP contribution in [0.15, 0.2) is 63.7 Å². The molecule has 3 aromatic rings. The van der Waals surface area contributed by atoms with Gasteiger partial charge in [0, 0.05) is 10.8 Å². The Balaban J connectivity index is 2.19. The highest BCUT2D eigenvalue weighted by atomic mass is 35.5. The Morgan fingerprint density at radius 1 is 1.00 bits per heavy atom. The zero-order chi connectivity index (χ0) is 18.2. The van der Waals surface area contributed by atoms with Gasteiger partial charge < -0.3 is 5.73 Å². The Kier molecular flexibility index (Phi) is 4.42. The average Bonchev–Trinajstić information content (AvgIpc) is 2.54. The van der Waals surface area contributed by atoms with Crippen LogP contribution in [0.2, 0.25) is 5.02 Å². The minimum atomic E-state index is -4.50. The minimum absolute atomic E-state index is 0.0340. The van der Waals surface area contributed by atoms with Crippen molar-refractivity contribution in [1.29, 1.82) is 0 Å². The standard InChI is InChI=1S/C16H11ClFN3O3S/c17-12-7-9(18)5-6-13(12)20-21-14-8-15(25(22,23)24)10-3-1-2-4-11(10)16(14)19/h1-8H,19H2,(H,22,23,24). The third-order valence-corrected chi connectivity index (χ3v) is 4.68. The van der Waals surface area contributed by atoms with Gasteiger partial charge in [-0.05, 0) is 24.3 Å². The maximum atomic E-state index is 13.1. The van der Waals surface area contributed by atoms with Gasteiger partial charge in [0.15, 0.2) is 0 Å². The van der Waals surface area contributed by atoms with E-state index in [-0.39, 0.29) is 32.4 Å². The van der Waals surface area contributed by atoms with Gasteiger partial charge in [0.2, 0.25) is 0 Å². The summed E-state index contributed by atoms with van der Waals surface area (Å²) in [5.74, 6) is -0.525. The van der Waals surface area contributed by atoms with Crippen LogP contribution in [0.3, 0.4) is 0 Å². The number of halogens is 2. The van der Waals surface area contributed by atoms with E-state index in [1.807, 2.05) is 0 Å². The summed E-state index contributed by atoms with van der Waals surface area (Å²) in [4.78, 5) is -0.337. The Hall–Kier alpha value is -2.55. The van der Waals surface area contributed by atoms with Crippen molar-refractivity contribution in [3.63, 3.8) is 0 Å². The van der Waals surface area contributed by atoms with Crippen molar-refractivity contribution >= 4 is 49.6 Å². The molecule has 6 nitrogen and oxygen atoms in total. The summed E-state index contributed by atoms with van der Waals surface area (Å²) in [6, 6.07) is 11.1. The third kappa shape index (κ3) is 3.46. The predicted octanol–water partition coefficient (Wildman–Crippen LogP) is 4.88. The zero-order valence-electron chi connectivity index (χ0n) is 12.5. The highest BCUT2D eigenvalue weighted by molar-refractivity contribution is 7.86. The van der Waals surface area contributed by atoms with Gasteiger partial charge in [-0.25, -0.2) is 4.39 Å². The lowest BCUT2D eigenvalue weighted by atomic mass is 10.1. The molecule has 0 spiro atoms. The molecule has 0 aliphatic carbocycles. The lowest BCUT2D eigenvalue weighted by Gasteiger charge is -2.09. The van der Waals surface area contributed by atoms with Gasteiger partial charge in [-0.3, -0.25) is 4.55 Å². The molecule has 128 valence electrons. The van der Waals surface area contributed by atoms with Crippen LogP contribution in [0.5, 0.6) is 0 Å². The molecule has 0 radical (unpaired) electrons. The molecule has 3 aromatic carbocycles. The van der Waals surface area contributed by atoms with Crippen LogP contribution in [0.25, 0.3) is 10.8 Å². The van der Waals surface area contributed by atoms with Crippen LogP contribution in [0.4, 0.5) is 21.5 Å². The molecule has 25 heavy (non-hydrogen) atoms. The van der Waals surface area contributed by atoms with Gasteiger partial charge in [-0.2, -0.15) is 8.42 Å². The van der Waals surface area contributed by atoms with E-state index in [1.165, 1.54) is 12.1 Å². The normalized spacial score (nSPS) is 12.1. The number of hydrogen-bond donors (Lipinski definition) is 2. The SMILES string of the molecule is Nc1c(N=Nc2ccc(F)cc2Cl)cc(S(=O)(=O)O)c2ccccc12.